The van der Waals surface area contributed by atoms with Crippen molar-refractivity contribution in [2.24, 2.45) is 0 Å². The van der Waals surface area contributed by atoms with E-state index in [1.807, 2.05) is 60.9 Å². The average molecular weight is 301 g/mol. The standard InChI is InChI=1S/C17H19NO2S/c1-21-16-10-6-5-9-15(16)17(20)18(11-12-19)13-14-7-3-2-4-8-14/h2-10,19H,11-13H2,1H3. The fourth-order valence-corrected chi connectivity index (χ4v) is 2.76. The molecular formula is C17H19NO2S. The van der Waals surface area contributed by atoms with Gasteiger partial charge in [0.1, 0.15) is 0 Å². The number of hydrogen-bond acceptors (Lipinski definition) is 3. The molecule has 0 spiro atoms. The molecule has 0 bridgehead atoms. The van der Waals surface area contributed by atoms with E-state index < -0.39 is 0 Å². The van der Waals surface area contributed by atoms with Crippen LogP contribution in [0.3, 0.4) is 0 Å². The Morgan fingerprint density at radius 2 is 1.76 bits per heavy atom. The lowest BCUT2D eigenvalue weighted by atomic mass is 10.1. The van der Waals surface area contributed by atoms with Gasteiger partial charge < -0.3 is 10.0 Å². The summed E-state index contributed by atoms with van der Waals surface area (Å²) in [6.07, 6.45) is 1.96. The summed E-state index contributed by atoms with van der Waals surface area (Å²) in [5, 5.41) is 9.24. The first-order chi connectivity index (χ1) is 10.3. The van der Waals surface area contributed by atoms with Crippen molar-refractivity contribution >= 4 is 17.7 Å². The van der Waals surface area contributed by atoms with Crippen LogP contribution in [0.25, 0.3) is 0 Å². The van der Waals surface area contributed by atoms with Crippen molar-refractivity contribution in [2.45, 2.75) is 11.4 Å². The Bertz CT molecular complexity index is 586. The van der Waals surface area contributed by atoms with Gasteiger partial charge in [-0.1, -0.05) is 42.5 Å². The van der Waals surface area contributed by atoms with Gasteiger partial charge in [0.05, 0.1) is 12.2 Å². The van der Waals surface area contributed by atoms with Gasteiger partial charge in [0.2, 0.25) is 0 Å². The van der Waals surface area contributed by atoms with Gasteiger partial charge in [0.15, 0.2) is 0 Å². The Morgan fingerprint density at radius 3 is 2.43 bits per heavy atom. The second-order valence-electron chi connectivity index (χ2n) is 4.64. The van der Waals surface area contributed by atoms with Gasteiger partial charge in [-0.2, -0.15) is 0 Å². The fourth-order valence-electron chi connectivity index (χ4n) is 2.17. The van der Waals surface area contributed by atoms with Crippen molar-refractivity contribution in [3.05, 3.63) is 65.7 Å². The molecule has 3 nitrogen and oxygen atoms in total. The molecule has 2 aromatic rings. The van der Waals surface area contributed by atoms with Crippen LogP contribution < -0.4 is 0 Å². The van der Waals surface area contributed by atoms with Crippen molar-refractivity contribution in [2.75, 3.05) is 19.4 Å². The van der Waals surface area contributed by atoms with Crippen molar-refractivity contribution in [1.82, 2.24) is 4.90 Å². The number of aliphatic hydroxyl groups excluding tert-OH is 1. The molecule has 0 atom stereocenters. The van der Waals surface area contributed by atoms with Crippen LogP contribution in [0.5, 0.6) is 0 Å². The highest BCUT2D eigenvalue weighted by Gasteiger charge is 2.18. The highest BCUT2D eigenvalue weighted by atomic mass is 32.2. The Morgan fingerprint density at radius 1 is 1.10 bits per heavy atom. The van der Waals surface area contributed by atoms with Gasteiger partial charge in [0, 0.05) is 18.0 Å². The second kappa shape index (κ2) is 7.86. The molecule has 0 unspecified atom stereocenters. The van der Waals surface area contributed by atoms with Crippen molar-refractivity contribution in [3.63, 3.8) is 0 Å². The van der Waals surface area contributed by atoms with Gasteiger partial charge in [-0.3, -0.25) is 4.79 Å². The Kier molecular flexibility index (Phi) is 5.84. The number of nitrogens with zero attached hydrogens (tertiary/aromatic N) is 1. The highest BCUT2D eigenvalue weighted by Crippen LogP contribution is 2.22. The molecule has 110 valence electrons. The van der Waals surface area contributed by atoms with Crippen LogP contribution in [0.4, 0.5) is 0 Å². The lowest BCUT2D eigenvalue weighted by molar-refractivity contribution is 0.0704. The smallest absolute Gasteiger partial charge is 0.255 e. The normalized spacial score (nSPS) is 10.4. The first-order valence-corrected chi connectivity index (χ1v) is 8.06. The molecule has 0 fully saturated rings. The molecule has 0 radical (unpaired) electrons. The van der Waals surface area contributed by atoms with E-state index in [1.54, 1.807) is 16.7 Å². The summed E-state index contributed by atoms with van der Waals surface area (Å²) in [6.45, 7) is 0.791. The monoisotopic (exact) mass is 301 g/mol. The quantitative estimate of drug-likeness (QED) is 0.834. The number of benzene rings is 2. The molecule has 21 heavy (non-hydrogen) atoms. The van der Waals surface area contributed by atoms with Crippen LogP contribution in [-0.2, 0) is 6.54 Å². The molecule has 2 rings (SSSR count). The van der Waals surface area contributed by atoms with E-state index in [0.29, 0.717) is 18.7 Å². The predicted molar refractivity (Wildman–Crippen MR) is 86.5 cm³/mol. The summed E-state index contributed by atoms with van der Waals surface area (Å²) >= 11 is 1.56. The van der Waals surface area contributed by atoms with Crippen molar-refractivity contribution < 1.29 is 9.90 Å². The number of carbonyl (C=O) groups is 1. The fraction of sp³-hybridized carbons (Fsp3) is 0.235. The minimum absolute atomic E-state index is 0.0417. The number of aliphatic hydroxyl groups is 1. The topological polar surface area (TPSA) is 40.5 Å². The van der Waals surface area contributed by atoms with Crippen molar-refractivity contribution in [3.8, 4) is 0 Å². The van der Waals surface area contributed by atoms with Gasteiger partial charge in [-0.15, -0.1) is 11.8 Å². The second-order valence-corrected chi connectivity index (χ2v) is 5.48. The van der Waals surface area contributed by atoms with Crippen LogP contribution in [0, 0.1) is 0 Å². The maximum Gasteiger partial charge on any atom is 0.255 e. The number of rotatable bonds is 6. The molecular weight excluding hydrogens is 282 g/mol. The lowest BCUT2D eigenvalue weighted by Crippen LogP contribution is -2.33. The van der Waals surface area contributed by atoms with Gasteiger partial charge in [0.25, 0.3) is 5.91 Å². The lowest BCUT2D eigenvalue weighted by Gasteiger charge is -2.23. The third kappa shape index (κ3) is 4.09. The largest absolute Gasteiger partial charge is 0.395 e. The van der Waals surface area contributed by atoms with Gasteiger partial charge in [-0.25, -0.2) is 0 Å². The summed E-state index contributed by atoms with van der Waals surface area (Å²) < 4.78 is 0. The molecule has 0 aliphatic rings. The zero-order valence-corrected chi connectivity index (χ0v) is 12.8. The molecule has 1 N–H and O–H groups in total. The van der Waals surface area contributed by atoms with E-state index in [-0.39, 0.29) is 12.5 Å². The molecule has 2 aromatic carbocycles. The van der Waals surface area contributed by atoms with Crippen LogP contribution in [-0.4, -0.2) is 35.3 Å². The Labute approximate surface area is 129 Å². The molecule has 0 aliphatic carbocycles. The first-order valence-electron chi connectivity index (χ1n) is 6.83. The van der Waals surface area contributed by atoms with Gasteiger partial charge in [-0.05, 0) is 24.0 Å². The van der Waals surface area contributed by atoms with Crippen LogP contribution in [0.15, 0.2) is 59.5 Å². The van der Waals surface area contributed by atoms with Crippen LogP contribution >= 0.6 is 11.8 Å². The molecule has 0 aliphatic heterocycles. The summed E-state index contributed by atoms with van der Waals surface area (Å²) in [5.74, 6) is -0.0437. The number of amides is 1. The zero-order valence-electron chi connectivity index (χ0n) is 12.0. The van der Waals surface area contributed by atoms with E-state index in [9.17, 15) is 9.90 Å². The minimum Gasteiger partial charge on any atom is -0.395 e. The molecule has 0 saturated heterocycles. The summed E-state index contributed by atoms with van der Waals surface area (Å²) in [7, 11) is 0. The molecule has 0 aromatic heterocycles. The molecule has 4 heteroatoms. The Balaban J connectivity index is 2.23. The number of carbonyl (C=O) groups excluding carboxylic acids is 1. The average Bonchev–Trinajstić information content (AvgIpc) is 2.54. The maximum atomic E-state index is 12.7. The van der Waals surface area contributed by atoms with Crippen molar-refractivity contribution in [1.29, 1.82) is 0 Å². The summed E-state index contributed by atoms with van der Waals surface area (Å²) in [6, 6.07) is 17.4. The third-order valence-corrected chi connectivity index (χ3v) is 4.01. The third-order valence-electron chi connectivity index (χ3n) is 3.21. The molecule has 0 saturated carbocycles. The molecule has 1 amide bonds. The maximum absolute atomic E-state index is 12.7. The number of thioether (sulfide) groups is 1. The molecule has 0 heterocycles. The van der Waals surface area contributed by atoms with Gasteiger partial charge >= 0.3 is 0 Å². The van der Waals surface area contributed by atoms with E-state index in [4.69, 9.17) is 0 Å². The Hall–Kier alpha value is -1.78. The van der Waals surface area contributed by atoms with E-state index in [1.165, 1.54) is 0 Å². The predicted octanol–water partition coefficient (Wildman–Crippen LogP) is 3.04. The summed E-state index contributed by atoms with van der Waals surface area (Å²) in [5.41, 5.74) is 1.75. The zero-order chi connectivity index (χ0) is 15.1. The minimum atomic E-state index is -0.0437. The SMILES string of the molecule is CSc1ccccc1C(=O)N(CCO)Cc1ccccc1. The first kappa shape index (κ1) is 15.6. The van der Waals surface area contributed by atoms with E-state index in [0.717, 1.165) is 10.5 Å². The van der Waals surface area contributed by atoms with Crippen LogP contribution in [0.1, 0.15) is 15.9 Å². The summed E-state index contributed by atoms with van der Waals surface area (Å²) in [4.78, 5) is 15.4. The van der Waals surface area contributed by atoms with E-state index in [2.05, 4.69) is 0 Å². The van der Waals surface area contributed by atoms with E-state index >= 15 is 0 Å². The highest BCUT2D eigenvalue weighted by molar-refractivity contribution is 7.98. The van der Waals surface area contributed by atoms with Crippen LogP contribution in [0.2, 0.25) is 0 Å². The number of hydrogen-bond donors (Lipinski definition) is 1.